The van der Waals surface area contributed by atoms with Crippen molar-refractivity contribution in [3.8, 4) is 0 Å². The quantitative estimate of drug-likeness (QED) is 0.810. The maximum Gasteiger partial charge on any atom is 0.417 e. The normalized spacial score (nSPS) is 23.8. The van der Waals surface area contributed by atoms with Gasteiger partial charge in [-0.1, -0.05) is 12.1 Å². The summed E-state index contributed by atoms with van der Waals surface area (Å²) < 4.78 is 43.5. The van der Waals surface area contributed by atoms with Gasteiger partial charge in [-0.25, -0.2) is 0 Å². The fourth-order valence-electron chi connectivity index (χ4n) is 3.00. The molecule has 1 saturated carbocycles. The van der Waals surface area contributed by atoms with Gasteiger partial charge >= 0.3 is 12.1 Å². The number of hydrogen-bond donors (Lipinski definition) is 2. The molecule has 0 aromatic heterocycles. The van der Waals surface area contributed by atoms with Crippen molar-refractivity contribution in [2.45, 2.75) is 37.5 Å². The largest absolute Gasteiger partial charge is 0.469 e. The molecule has 2 rings (SSSR count). The van der Waals surface area contributed by atoms with Gasteiger partial charge in [-0.15, -0.1) is 0 Å². The molecule has 0 bridgehead atoms. The summed E-state index contributed by atoms with van der Waals surface area (Å²) in [5, 5.41) is 12.9. The summed E-state index contributed by atoms with van der Waals surface area (Å²) in [5.41, 5.74) is -2.75. The smallest absolute Gasteiger partial charge is 0.417 e. The molecule has 1 aliphatic rings. The summed E-state index contributed by atoms with van der Waals surface area (Å²) >= 11 is 0. The monoisotopic (exact) mass is 359 g/mol. The molecular formula is C17H20F3NO4. The van der Waals surface area contributed by atoms with E-state index in [9.17, 15) is 27.9 Å². The number of nitrogens with one attached hydrogen (secondary N) is 1. The number of rotatable bonds is 4. The average molecular weight is 359 g/mol. The highest BCUT2D eigenvalue weighted by molar-refractivity contribution is 5.95. The standard InChI is InChI=1S/C17H20F3NO4/c1-25-15(23)11-6-8-16(24,9-7-11)10-21-14(22)12-4-2-3-5-13(12)17(18,19)20/h2-5,11,24H,6-10H2,1H3,(H,21,22). The van der Waals surface area contributed by atoms with E-state index >= 15 is 0 Å². The molecule has 25 heavy (non-hydrogen) atoms. The van der Waals surface area contributed by atoms with Crippen LogP contribution in [0.5, 0.6) is 0 Å². The summed E-state index contributed by atoms with van der Waals surface area (Å²) in [6, 6.07) is 4.49. The molecule has 0 atom stereocenters. The van der Waals surface area contributed by atoms with E-state index in [1.807, 2.05) is 0 Å². The molecule has 8 heteroatoms. The Labute approximate surface area is 143 Å². The van der Waals surface area contributed by atoms with Crippen LogP contribution in [-0.2, 0) is 15.7 Å². The molecule has 0 unspecified atom stereocenters. The molecule has 0 spiro atoms. The summed E-state index contributed by atoms with van der Waals surface area (Å²) in [6.45, 7) is -0.175. The first kappa shape index (κ1) is 19.2. The Bertz CT molecular complexity index is 637. The van der Waals surface area contributed by atoms with E-state index in [0.717, 1.165) is 12.1 Å². The molecule has 5 nitrogen and oxygen atoms in total. The predicted octanol–water partition coefficient (Wildman–Crippen LogP) is 2.53. The van der Waals surface area contributed by atoms with Crippen LogP contribution in [0.1, 0.15) is 41.6 Å². The number of carbonyl (C=O) groups excluding carboxylic acids is 2. The Morgan fingerprint density at radius 1 is 1.28 bits per heavy atom. The summed E-state index contributed by atoms with van der Waals surface area (Å²) in [5.74, 6) is -1.53. The van der Waals surface area contributed by atoms with E-state index in [1.165, 1.54) is 19.2 Å². The minimum Gasteiger partial charge on any atom is -0.469 e. The molecule has 0 aliphatic heterocycles. The van der Waals surface area contributed by atoms with Crippen molar-refractivity contribution in [1.82, 2.24) is 5.32 Å². The van der Waals surface area contributed by atoms with Gasteiger partial charge in [0.05, 0.1) is 29.8 Å². The third kappa shape index (κ3) is 4.72. The average Bonchev–Trinajstić information content (AvgIpc) is 2.59. The summed E-state index contributed by atoms with van der Waals surface area (Å²) in [4.78, 5) is 23.6. The number of esters is 1. The van der Waals surface area contributed by atoms with Crippen molar-refractivity contribution >= 4 is 11.9 Å². The maximum atomic E-state index is 13.0. The van der Waals surface area contributed by atoms with Crippen LogP contribution in [-0.4, -0.2) is 36.2 Å². The van der Waals surface area contributed by atoms with Gasteiger partial charge in [0.25, 0.3) is 5.91 Å². The number of hydrogen-bond acceptors (Lipinski definition) is 4. The Hall–Kier alpha value is -2.09. The van der Waals surface area contributed by atoms with Gasteiger partial charge in [-0.05, 0) is 37.8 Å². The van der Waals surface area contributed by atoms with E-state index in [2.05, 4.69) is 10.1 Å². The zero-order valence-electron chi connectivity index (χ0n) is 13.7. The highest BCUT2D eigenvalue weighted by Gasteiger charge is 2.38. The van der Waals surface area contributed by atoms with E-state index in [1.54, 1.807) is 0 Å². The lowest BCUT2D eigenvalue weighted by molar-refractivity contribution is -0.148. The first-order valence-corrected chi connectivity index (χ1v) is 7.91. The number of ether oxygens (including phenoxy) is 1. The fraction of sp³-hybridized carbons (Fsp3) is 0.529. The Balaban J connectivity index is 1.98. The van der Waals surface area contributed by atoms with E-state index < -0.39 is 28.8 Å². The molecular weight excluding hydrogens is 339 g/mol. The van der Waals surface area contributed by atoms with Crippen LogP contribution < -0.4 is 5.32 Å². The lowest BCUT2D eigenvalue weighted by Crippen LogP contribution is -2.46. The lowest BCUT2D eigenvalue weighted by Gasteiger charge is -2.35. The number of aliphatic hydroxyl groups is 1. The van der Waals surface area contributed by atoms with Crippen LogP contribution in [0.25, 0.3) is 0 Å². The maximum absolute atomic E-state index is 13.0. The third-order valence-electron chi connectivity index (χ3n) is 4.51. The molecule has 1 fully saturated rings. The Morgan fingerprint density at radius 2 is 1.88 bits per heavy atom. The van der Waals surface area contributed by atoms with Crippen LogP contribution in [0.15, 0.2) is 24.3 Å². The van der Waals surface area contributed by atoms with Crippen molar-refractivity contribution in [1.29, 1.82) is 0 Å². The second-order valence-corrected chi connectivity index (χ2v) is 6.25. The third-order valence-corrected chi connectivity index (χ3v) is 4.51. The number of carbonyl (C=O) groups is 2. The van der Waals surface area contributed by atoms with Crippen LogP contribution in [0.3, 0.4) is 0 Å². The van der Waals surface area contributed by atoms with Gasteiger partial charge < -0.3 is 15.2 Å². The molecule has 0 saturated heterocycles. The van der Waals surface area contributed by atoms with Crippen LogP contribution >= 0.6 is 0 Å². The molecule has 138 valence electrons. The SMILES string of the molecule is COC(=O)C1CCC(O)(CNC(=O)c2ccccc2C(F)(F)F)CC1. The zero-order chi connectivity index (χ0) is 18.7. The van der Waals surface area contributed by atoms with Gasteiger partial charge in [0, 0.05) is 6.54 Å². The first-order valence-electron chi connectivity index (χ1n) is 7.91. The van der Waals surface area contributed by atoms with Crippen molar-refractivity contribution in [2.75, 3.05) is 13.7 Å². The molecule has 1 aliphatic carbocycles. The Morgan fingerprint density at radius 3 is 2.44 bits per heavy atom. The second-order valence-electron chi connectivity index (χ2n) is 6.25. The molecule has 1 amide bonds. The molecule has 2 N–H and O–H groups in total. The van der Waals surface area contributed by atoms with Crippen LogP contribution in [0, 0.1) is 5.92 Å². The van der Waals surface area contributed by atoms with Gasteiger partial charge in [0.15, 0.2) is 0 Å². The Kier molecular flexibility index (Phi) is 5.72. The van der Waals surface area contributed by atoms with E-state index in [0.29, 0.717) is 12.8 Å². The van der Waals surface area contributed by atoms with E-state index in [-0.39, 0.29) is 31.3 Å². The molecule has 1 aromatic carbocycles. The minimum atomic E-state index is -4.64. The minimum absolute atomic E-state index is 0.175. The number of amides is 1. The molecule has 0 heterocycles. The van der Waals surface area contributed by atoms with Crippen molar-refractivity contribution in [3.63, 3.8) is 0 Å². The van der Waals surface area contributed by atoms with Gasteiger partial charge in [-0.2, -0.15) is 13.2 Å². The predicted molar refractivity (Wildman–Crippen MR) is 82.7 cm³/mol. The van der Waals surface area contributed by atoms with Crippen LogP contribution in [0.4, 0.5) is 13.2 Å². The van der Waals surface area contributed by atoms with Gasteiger partial charge in [0.2, 0.25) is 0 Å². The zero-order valence-corrected chi connectivity index (χ0v) is 13.7. The van der Waals surface area contributed by atoms with Crippen molar-refractivity contribution < 1.29 is 32.6 Å². The number of methoxy groups -OCH3 is 1. The number of alkyl halides is 3. The first-order chi connectivity index (χ1) is 11.7. The lowest BCUT2D eigenvalue weighted by atomic mass is 9.78. The topological polar surface area (TPSA) is 75.6 Å². The van der Waals surface area contributed by atoms with E-state index in [4.69, 9.17) is 0 Å². The summed E-state index contributed by atoms with van der Waals surface area (Å²) in [6.07, 6.45) is -3.32. The highest BCUT2D eigenvalue weighted by atomic mass is 19.4. The van der Waals surface area contributed by atoms with Gasteiger partial charge in [0.1, 0.15) is 0 Å². The second kappa shape index (κ2) is 7.43. The van der Waals surface area contributed by atoms with Crippen molar-refractivity contribution in [3.05, 3.63) is 35.4 Å². The molecule has 1 aromatic rings. The van der Waals surface area contributed by atoms with Crippen molar-refractivity contribution in [2.24, 2.45) is 5.92 Å². The highest BCUT2D eigenvalue weighted by Crippen LogP contribution is 2.33. The summed E-state index contributed by atoms with van der Waals surface area (Å²) in [7, 11) is 1.29. The fourth-order valence-corrected chi connectivity index (χ4v) is 3.00. The number of benzene rings is 1. The van der Waals surface area contributed by atoms with Gasteiger partial charge in [-0.3, -0.25) is 9.59 Å². The van der Waals surface area contributed by atoms with Crippen LogP contribution in [0.2, 0.25) is 0 Å². The number of halogens is 3. The molecule has 0 radical (unpaired) electrons.